The van der Waals surface area contributed by atoms with Crippen LogP contribution in [0.1, 0.15) is 66.7 Å². The van der Waals surface area contributed by atoms with Gasteiger partial charge in [-0.05, 0) is 37.1 Å². The molecule has 0 aromatic rings. The molecule has 0 aliphatic heterocycles. The second kappa shape index (κ2) is 7.49. The molecule has 0 bridgehead atoms. The first kappa shape index (κ1) is 16.0. The molecule has 0 heterocycles. The largest absolute Gasteiger partial charge is 0.376 e. The Labute approximate surface area is 114 Å². The van der Waals surface area contributed by atoms with E-state index in [0.29, 0.717) is 12.1 Å². The maximum atomic E-state index is 6.22. The summed E-state index contributed by atoms with van der Waals surface area (Å²) >= 11 is 0. The minimum absolute atomic E-state index is 0.271. The van der Waals surface area contributed by atoms with Crippen LogP contribution in [0.5, 0.6) is 0 Å². The van der Waals surface area contributed by atoms with Crippen molar-refractivity contribution in [2.45, 2.75) is 78.9 Å². The molecule has 0 saturated heterocycles. The first-order valence-corrected chi connectivity index (χ1v) is 7.80. The lowest BCUT2D eigenvalue weighted by molar-refractivity contribution is -0.0281. The monoisotopic (exact) mass is 255 g/mol. The van der Waals surface area contributed by atoms with E-state index >= 15 is 0 Å². The lowest BCUT2D eigenvalue weighted by Crippen LogP contribution is -2.45. The van der Waals surface area contributed by atoms with Crippen molar-refractivity contribution in [1.82, 2.24) is 5.32 Å². The van der Waals surface area contributed by atoms with Gasteiger partial charge in [-0.3, -0.25) is 0 Å². The molecule has 0 aromatic carbocycles. The number of hydrogen-bond donors (Lipinski definition) is 1. The summed E-state index contributed by atoms with van der Waals surface area (Å²) in [5.74, 6) is 0.741. The summed E-state index contributed by atoms with van der Waals surface area (Å²) in [4.78, 5) is 0. The molecular formula is C16H33NO. The summed E-state index contributed by atoms with van der Waals surface area (Å²) < 4.78 is 6.22. The Bertz CT molecular complexity index is 222. The molecule has 18 heavy (non-hydrogen) atoms. The molecule has 0 aromatic heterocycles. The zero-order chi connectivity index (χ0) is 13.6. The highest BCUT2D eigenvalue weighted by Crippen LogP contribution is 2.27. The Morgan fingerprint density at radius 1 is 1.22 bits per heavy atom. The minimum Gasteiger partial charge on any atom is -0.376 e. The highest BCUT2D eigenvalue weighted by atomic mass is 16.5. The van der Waals surface area contributed by atoms with E-state index in [0.717, 1.165) is 19.1 Å². The van der Waals surface area contributed by atoms with Crippen LogP contribution in [0.15, 0.2) is 0 Å². The van der Waals surface area contributed by atoms with Gasteiger partial charge in [-0.15, -0.1) is 0 Å². The molecular weight excluding hydrogens is 222 g/mol. The first-order valence-electron chi connectivity index (χ1n) is 7.80. The summed E-state index contributed by atoms with van der Waals surface area (Å²) in [6, 6.07) is 0.464. The number of hydrogen-bond acceptors (Lipinski definition) is 2. The van der Waals surface area contributed by atoms with Crippen molar-refractivity contribution in [1.29, 1.82) is 0 Å². The van der Waals surface area contributed by atoms with Gasteiger partial charge in [-0.25, -0.2) is 0 Å². The molecule has 1 fully saturated rings. The van der Waals surface area contributed by atoms with Crippen LogP contribution in [0.3, 0.4) is 0 Å². The molecule has 1 N–H and O–H groups in total. The molecule has 1 aliphatic rings. The summed E-state index contributed by atoms with van der Waals surface area (Å²) in [6.07, 6.45) is 7.01. The van der Waals surface area contributed by atoms with Gasteiger partial charge < -0.3 is 10.1 Å². The summed E-state index contributed by atoms with van der Waals surface area (Å²) in [7, 11) is 0. The van der Waals surface area contributed by atoms with Crippen LogP contribution in [-0.2, 0) is 4.74 Å². The number of nitrogens with one attached hydrogen (secondary N) is 1. The van der Waals surface area contributed by atoms with E-state index in [-0.39, 0.29) is 5.41 Å². The van der Waals surface area contributed by atoms with Crippen molar-refractivity contribution in [2.24, 2.45) is 11.3 Å². The fraction of sp³-hybridized carbons (Fsp3) is 1.00. The Balaban J connectivity index is 2.40. The Morgan fingerprint density at radius 3 is 2.44 bits per heavy atom. The van der Waals surface area contributed by atoms with E-state index in [1.165, 1.54) is 32.1 Å². The van der Waals surface area contributed by atoms with Gasteiger partial charge in [0.25, 0.3) is 0 Å². The van der Waals surface area contributed by atoms with Gasteiger partial charge in [-0.2, -0.15) is 0 Å². The lowest BCUT2D eigenvalue weighted by atomic mass is 9.86. The maximum Gasteiger partial charge on any atom is 0.0628 e. The van der Waals surface area contributed by atoms with E-state index in [9.17, 15) is 0 Å². The molecule has 108 valence electrons. The van der Waals surface area contributed by atoms with Crippen molar-refractivity contribution < 1.29 is 4.74 Å². The van der Waals surface area contributed by atoms with Gasteiger partial charge >= 0.3 is 0 Å². The quantitative estimate of drug-likeness (QED) is 0.774. The molecule has 3 unspecified atom stereocenters. The molecule has 1 saturated carbocycles. The van der Waals surface area contributed by atoms with Crippen molar-refractivity contribution in [3.63, 3.8) is 0 Å². The van der Waals surface area contributed by atoms with E-state index in [4.69, 9.17) is 4.74 Å². The predicted molar refractivity (Wildman–Crippen MR) is 78.9 cm³/mol. The van der Waals surface area contributed by atoms with Crippen molar-refractivity contribution in [2.75, 3.05) is 13.2 Å². The minimum atomic E-state index is 0.271. The predicted octanol–water partition coefficient (Wildman–Crippen LogP) is 4.00. The first-order chi connectivity index (χ1) is 8.45. The van der Waals surface area contributed by atoms with Crippen LogP contribution in [-0.4, -0.2) is 25.3 Å². The topological polar surface area (TPSA) is 21.3 Å². The van der Waals surface area contributed by atoms with Crippen LogP contribution in [0.2, 0.25) is 0 Å². The van der Waals surface area contributed by atoms with Gasteiger partial charge in [0.2, 0.25) is 0 Å². The highest BCUT2D eigenvalue weighted by Gasteiger charge is 2.27. The average molecular weight is 255 g/mol. The van der Waals surface area contributed by atoms with E-state index in [2.05, 4.69) is 39.9 Å². The summed E-state index contributed by atoms with van der Waals surface area (Å²) in [6.45, 7) is 13.4. The molecule has 1 rings (SSSR count). The number of ether oxygens (including phenoxy) is 1. The van der Waals surface area contributed by atoms with Gasteiger partial charge in [-0.1, -0.05) is 47.5 Å². The van der Waals surface area contributed by atoms with Gasteiger partial charge in [0, 0.05) is 6.04 Å². The fourth-order valence-electron chi connectivity index (χ4n) is 2.68. The maximum absolute atomic E-state index is 6.22. The molecule has 2 nitrogen and oxygen atoms in total. The number of rotatable bonds is 6. The second-order valence-corrected chi connectivity index (χ2v) is 7.01. The lowest BCUT2D eigenvalue weighted by Gasteiger charge is -2.35. The van der Waals surface area contributed by atoms with Gasteiger partial charge in [0.05, 0.1) is 12.7 Å². The molecule has 2 heteroatoms. The second-order valence-electron chi connectivity index (χ2n) is 7.01. The summed E-state index contributed by atoms with van der Waals surface area (Å²) in [5.41, 5.74) is 0.271. The van der Waals surface area contributed by atoms with Gasteiger partial charge in [0.1, 0.15) is 0 Å². The van der Waals surface area contributed by atoms with E-state index in [1.807, 2.05) is 0 Å². The van der Waals surface area contributed by atoms with Crippen molar-refractivity contribution in [3.05, 3.63) is 0 Å². The van der Waals surface area contributed by atoms with Gasteiger partial charge in [0.15, 0.2) is 0 Å². The third-order valence-corrected chi connectivity index (χ3v) is 4.20. The Morgan fingerprint density at radius 2 is 1.89 bits per heavy atom. The van der Waals surface area contributed by atoms with E-state index in [1.54, 1.807) is 0 Å². The third-order valence-electron chi connectivity index (χ3n) is 4.20. The smallest absolute Gasteiger partial charge is 0.0628 e. The molecule has 0 amide bonds. The molecule has 3 atom stereocenters. The van der Waals surface area contributed by atoms with Crippen molar-refractivity contribution in [3.8, 4) is 0 Å². The standard InChI is InChI=1S/C16H33NO/c1-6-11-17-15(16(3,4)5)12-18-14-10-8-7-9-13(14)2/h13-15,17H,6-12H2,1-5H3. The zero-order valence-electron chi connectivity index (χ0n) is 13.1. The van der Waals surface area contributed by atoms with Crippen molar-refractivity contribution >= 4 is 0 Å². The fourth-order valence-corrected chi connectivity index (χ4v) is 2.68. The van der Waals surface area contributed by atoms with Crippen LogP contribution in [0.25, 0.3) is 0 Å². The normalized spacial score (nSPS) is 27.2. The van der Waals surface area contributed by atoms with Crippen LogP contribution in [0, 0.1) is 11.3 Å². The van der Waals surface area contributed by atoms with Crippen LogP contribution >= 0.6 is 0 Å². The summed E-state index contributed by atoms with van der Waals surface area (Å²) in [5, 5.41) is 3.64. The molecule has 0 radical (unpaired) electrons. The SMILES string of the molecule is CCCNC(COC1CCCCC1C)C(C)(C)C. The van der Waals surface area contributed by atoms with Crippen LogP contribution < -0.4 is 5.32 Å². The highest BCUT2D eigenvalue weighted by molar-refractivity contribution is 4.81. The zero-order valence-corrected chi connectivity index (χ0v) is 13.1. The Kier molecular flexibility index (Phi) is 6.65. The van der Waals surface area contributed by atoms with Crippen LogP contribution in [0.4, 0.5) is 0 Å². The molecule has 1 aliphatic carbocycles. The molecule has 0 spiro atoms. The Hall–Kier alpha value is -0.0800. The van der Waals surface area contributed by atoms with E-state index < -0.39 is 0 Å². The average Bonchev–Trinajstić information content (AvgIpc) is 2.29. The third kappa shape index (κ3) is 5.27.